The molecular weight excluding hydrogens is 274 g/mol. The molecule has 0 amide bonds. The highest BCUT2D eigenvalue weighted by atomic mass is 32.2. The van der Waals surface area contributed by atoms with Crippen molar-refractivity contribution in [2.45, 2.75) is 11.3 Å². The van der Waals surface area contributed by atoms with Gasteiger partial charge in [0, 0.05) is 35.5 Å². The molecule has 18 heavy (non-hydrogen) atoms. The monoisotopic (exact) mass is 287 g/mol. The largest absolute Gasteiger partial charge is 0.260 e. The van der Waals surface area contributed by atoms with Crippen LogP contribution < -0.4 is 4.72 Å². The normalized spacial score (nSPS) is 12.9. The maximum absolute atomic E-state index is 11.9. The smallest absolute Gasteiger partial charge is 0.243 e. The molecule has 0 aliphatic carbocycles. The number of hydrogen-bond acceptors (Lipinski definition) is 5. The van der Waals surface area contributed by atoms with Gasteiger partial charge in [0.05, 0.1) is 0 Å². The van der Waals surface area contributed by atoms with Crippen molar-refractivity contribution in [1.29, 1.82) is 5.26 Å². The molecule has 1 N–H and O–H groups in total. The summed E-state index contributed by atoms with van der Waals surface area (Å²) in [5.74, 6) is 0.431. The third-order valence-corrected chi connectivity index (χ3v) is 4.42. The van der Waals surface area contributed by atoms with Gasteiger partial charge in [-0.3, -0.25) is 4.21 Å². The highest BCUT2D eigenvalue weighted by Crippen LogP contribution is 2.11. The summed E-state index contributed by atoms with van der Waals surface area (Å²) in [5.41, 5.74) is -0.135. The first-order valence-electron chi connectivity index (χ1n) is 5.12. The van der Waals surface area contributed by atoms with Gasteiger partial charge >= 0.3 is 0 Å². The van der Waals surface area contributed by atoms with Crippen molar-refractivity contribution in [3.8, 4) is 6.07 Å². The lowest BCUT2D eigenvalue weighted by Gasteiger charge is -2.06. The lowest BCUT2D eigenvalue weighted by Crippen LogP contribution is -2.26. The standard InChI is InChI=1S/C10H13N3O3S2/c1-17(14)7-3-6-13-18(15,16)10-4-2-5-12-9(10)8-11/h2,4-5,13H,3,6-7H2,1H3. The van der Waals surface area contributed by atoms with Crippen LogP contribution in [0.2, 0.25) is 0 Å². The lowest BCUT2D eigenvalue weighted by atomic mass is 10.4. The van der Waals surface area contributed by atoms with Crippen LogP contribution in [0.1, 0.15) is 12.1 Å². The molecule has 1 unspecified atom stereocenters. The molecule has 0 radical (unpaired) electrons. The number of nitriles is 1. The third-order valence-electron chi connectivity index (χ3n) is 2.07. The van der Waals surface area contributed by atoms with Gasteiger partial charge in [-0.25, -0.2) is 18.1 Å². The second kappa shape index (κ2) is 6.58. The average Bonchev–Trinajstić information content (AvgIpc) is 2.34. The summed E-state index contributed by atoms with van der Waals surface area (Å²) in [5, 5.41) is 8.78. The second-order valence-corrected chi connectivity index (χ2v) is 6.78. The molecule has 0 aliphatic rings. The number of pyridine rings is 1. The van der Waals surface area contributed by atoms with Crippen molar-refractivity contribution in [3.05, 3.63) is 24.0 Å². The quantitative estimate of drug-likeness (QED) is 0.742. The van der Waals surface area contributed by atoms with Crippen LogP contribution in [-0.2, 0) is 20.8 Å². The zero-order valence-electron chi connectivity index (χ0n) is 9.79. The molecule has 0 aliphatic heterocycles. The zero-order valence-corrected chi connectivity index (χ0v) is 11.4. The van der Waals surface area contributed by atoms with Crippen molar-refractivity contribution < 1.29 is 12.6 Å². The first-order valence-corrected chi connectivity index (χ1v) is 8.33. The maximum atomic E-state index is 11.9. The van der Waals surface area contributed by atoms with E-state index >= 15 is 0 Å². The minimum atomic E-state index is -3.73. The SMILES string of the molecule is CS(=O)CCCNS(=O)(=O)c1cccnc1C#N. The van der Waals surface area contributed by atoms with Crippen LogP contribution in [-0.4, -0.2) is 36.2 Å². The van der Waals surface area contributed by atoms with Crippen LogP contribution in [0.3, 0.4) is 0 Å². The molecule has 0 saturated carbocycles. The summed E-state index contributed by atoms with van der Waals surface area (Å²) in [7, 11) is -4.68. The van der Waals surface area contributed by atoms with E-state index in [9.17, 15) is 12.6 Å². The Hall–Kier alpha value is -1.30. The van der Waals surface area contributed by atoms with E-state index in [1.54, 1.807) is 12.3 Å². The Bertz CT molecular complexity index is 578. The molecule has 1 rings (SSSR count). The molecule has 0 fully saturated rings. The molecule has 1 atom stereocenters. The van der Waals surface area contributed by atoms with Gasteiger partial charge in [-0.15, -0.1) is 0 Å². The van der Waals surface area contributed by atoms with E-state index in [-0.39, 0.29) is 17.1 Å². The molecule has 8 heteroatoms. The van der Waals surface area contributed by atoms with Gasteiger partial charge < -0.3 is 0 Å². The van der Waals surface area contributed by atoms with Crippen LogP contribution in [0.5, 0.6) is 0 Å². The number of rotatable bonds is 6. The van der Waals surface area contributed by atoms with Gasteiger partial charge in [0.25, 0.3) is 0 Å². The Morgan fingerprint density at radius 1 is 1.56 bits per heavy atom. The Kier molecular flexibility index (Phi) is 5.40. The minimum absolute atomic E-state index is 0.134. The highest BCUT2D eigenvalue weighted by molar-refractivity contribution is 7.89. The maximum Gasteiger partial charge on any atom is 0.243 e. The van der Waals surface area contributed by atoms with Crippen molar-refractivity contribution >= 4 is 20.8 Å². The van der Waals surface area contributed by atoms with Crippen LogP contribution in [0.4, 0.5) is 0 Å². The summed E-state index contributed by atoms with van der Waals surface area (Å²) >= 11 is 0. The molecule has 98 valence electrons. The fourth-order valence-electron chi connectivity index (χ4n) is 1.25. The molecular formula is C10H13N3O3S2. The van der Waals surface area contributed by atoms with Crippen molar-refractivity contribution in [2.75, 3.05) is 18.6 Å². The summed E-state index contributed by atoms with van der Waals surface area (Å²) < 4.78 is 36.9. The van der Waals surface area contributed by atoms with Crippen molar-refractivity contribution in [1.82, 2.24) is 9.71 Å². The van der Waals surface area contributed by atoms with E-state index < -0.39 is 20.8 Å². The van der Waals surface area contributed by atoms with Crippen molar-refractivity contribution in [2.24, 2.45) is 0 Å². The summed E-state index contributed by atoms with van der Waals surface area (Å²) in [6.07, 6.45) is 3.39. The zero-order chi connectivity index (χ0) is 13.6. The Labute approximate surface area is 109 Å². The Balaban J connectivity index is 2.75. The fourth-order valence-corrected chi connectivity index (χ4v) is 2.98. The van der Waals surface area contributed by atoms with E-state index in [4.69, 9.17) is 5.26 Å². The highest BCUT2D eigenvalue weighted by Gasteiger charge is 2.18. The van der Waals surface area contributed by atoms with Gasteiger partial charge in [-0.2, -0.15) is 5.26 Å². The Morgan fingerprint density at radius 2 is 2.28 bits per heavy atom. The summed E-state index contributed by atoms with van der Waals surface area (Å²) in [4.78, 5) is 3.56. The van der Waals surface area contributed by atoms with Gasteiger partial charge in [-0.1, -0.05) is 0 Å². The van der Waals surface area contributed by atoms with Crippen LogP contribution in [0.15, 0.2) is 23.2 Å². The molecule has 1 aromatic heterocycles. The number of sulfonamides is 1. The molecule has 0 spiro atoms. The molecule has 0 bridgehead atoms. The van der Waals surface area contributed by atoms with E-state index in [2.05, 4.69) is 9.71 Å². The van der Waals surface area contributed by atoms with Crippen molar-refractivity contribution in [3.63, 3.8) is 0 Å². The van der Waals surface area contributed by atoms with Gasteiger partial charge in [0.2, 0.25) is 10.0 Å². The molecule has 6 nitrogen and oxygen atoms in total. The Morgan fingerprint density at radius 3 is 2.89 bits per heavy atom. The molecule has 1 aromatic rings. The summed E-state index contributed by atoms with van der Waals surface area (Å²) in [6, 6.07) is 4.51. The molecule has 0 aromatic carbocycles. The topological polar surface area (TPSA) is 99.9 Å². The number of nitrogens with one attached hydrogen (secondary N) is 1. The van der Waals surface area contributed by atoms with Gasteiger partial charge in [0.1, 0.15) is 11.0 Å². The summed E-state index contributed by atoms with van der Waals surface area (Å²) in [6.45, 7) is 0.182. The number of aromatic nitrogens is 1. The van der Waals surface area contributed by atoms with E-state index in [1.165, 1.54) is 18.3 Å². The first kappa shape index (κ1) is 14.8. The first-order chi connectivity index (χ1) is 8.47. The lowest BCUT2D eigenvalue weighted by molar-refractivity contribution is 0.580. The number of hydrogen-bond donors (Lipinski definition) is 1. The third kappa shape index (κ3) is 4.18. The van der Waals surface area contributed by atoms with Gasteiger partial charge in [0.15, 0.2) is 5.69 Å². The fraction of sp³-hybridized carbons (Fsp3) is 0.400. The van der Waals surface area contributed by atoms with Crippen LogP contribution >= 0.6 is 0 Å². The van der Waals surface area contributed by atoms with E-state index in [1.807, 2.05) is 0 Å². The predicted octanol–water partition coefficient (Wildman–Crippen LogP) is 0.000180. The van der Waals surface area contributed by atoms with E-state index in [0.717, 1.165) is 0 Å². The molecule has 0 saturated heterocycles. The molecule has 1 heterocycles. The van der Waals surface area contributed by atoms with Crippen LogP contribution in [0.25, 0.3) is 0 Å². The predicted molar refractivity (Wildman–Crippen MR) is 67.7 cm³/mol. The minimum Gasteiger partial charge on any atom is -0.260 e. The average molecular weight is 287 g/mol. The van der Waals surface area contributed by atoms with E-state index in [0.29, 0.717) is 12.2 Å². The second-order valence-electron chi connectivity index (χ2n) is 3.49. The number of nitrogens with zero attached hydrogens (tertiary/aromatic N) is 2. The van der Waals surface area contributed by atoms with Gasteiger partial charge in [-0.05, 0) is 18.6 Å². The van der Waals surface area contributed by atoms with Crippen LogP contribution in [0, 0.1) is 11.3 Å².